The zero-order chi connectivity index (χ0) is 11.5. The summed E-state index contributed by atoms with van der Waals surface area (Å²) in [5, 5.41) is 8.80. The van der Waals surface area contributed by atoms with Crippen LogP contribution in [-0.4, -0.2) is 23.8 Å². The van der Waals surface area contributed by atoms with Crippen molar-refractivity contribution in [3.8, 4) is 0 Å². The lowest BCUT2D eigenvalue weighted by molar-refractivity contribution is -0.321. The van der Waals surface area contributed by atoms with Crippen molar-refractivity contribution in [2.24, 2.45) is 0 Å². The van der Waals surface area contributed by atoms with E-state index in [2.05, 4.69) is 6.92 Å². The van der Waals surface area contributed by atoms with Gasteiger partial charge in [-0.2, -0.15) is 0 Å². The maximum Gasteiger partial charge on any atom is 0.336 e. The van der Waals surface area contributed by atoms with E-state index >= 15 is 0 Å². The predicted octanol–water partition coefficient (Wildman–Crippen LogP) is 2.77. The van der Waals surface area contributed by atoms with Crippen molar-refractivity contribution in [3.05, 3.63) is 0 Å². The fourth-order valence-corrected chi connectivity index (χ4v) is 1.14. The summed E-state index contributed by atoms with van der Waals surface area (Å²) in [7, 11) is 0. The van der Waals surface area contributed by atoms with Gasteiger partial charge in [0.15, 0.2) is 6.10 Å². The van der Waals surface area contributed by atoms with E-state index in [-0.39, 0.29) is 0 Å². The highest BCUT2D eigenvalue weighted by Crippen LogP contribution is 2.06. The molecule has 1 atom stereocenters. The van der Waals surface area contributed by atoms with Crippen LogP contribution in [0.15, 0.2) is 0 Å². The fraction of sp³-hybridized carbons (Fsp3) is 0.909. The lowest BCUT2D eigenvalue weighted by atomic mass is 10.2. The molecule has 0 spiro atoms. The van der Waals surface area contributed by atoms with E-state index in [1.54, 1.807) is 0 Å². The number of unbranched alkanes of at least 4 members (excludes halogenated alkanes) is 3. The first-order valence-corrected chi connectivity index (χ1v) is 5.73. The molecule has 90 valence electrons. The van der Waals surface area contributed by atoms with E-state index < -0.39 is 12.1 Å². The zero-order valence-electron chi connectivity index (χ0n) is 9.70. The third kappa shape index (κ3) is 8.39. The minimum atomic E-state index is -0.945. The summed E-state index contributed by atoms with van der Waals surface area (Å²) in [6.07, 6.45) is 4.61. The fourth-order valence-electron chi connectivity index (χ4n) is 1.14. The molecule has 0 heterocycles. The van der Waals surface area contributed by atoms with Crippen LogP contribution in [0.1, 0.15) is 52.4 Å². The zero-order valence-corrected chi connectivity index (χ0v) is 9.70. The quantitative estimate of drug-likeness (QED) is 0.348. The molecule has 0 rings (SSSR count). The van der Waals surface area contributed by atoms with Crippen LogP contribution in [-0.2, 0) is 14.6 Å². The van der Waals surface area contributed by atoms with Gasteiger partial charge < -0.3 is 5.11 Å². The summed E-state index contributed by atoms with van der Waals surface area (Å²) < 4.78 is 0. The van der Waals surface area contributed by atoms with Gasteiger partial charge in [-0.1, -0.05) is 39.5 Å². The largest absolute Gasteiger partial charge is 0.479 e. The summed E-state index contributed by atoms with van der Waals surface area (Å²) in [4.78, 5) is 20.4. The van der Waals surface area contributed by atoms with Crippen LogP contribution in [0.4, 0.5) is 0 Å². The second-order valence-electron chi connectivity index (χ2n) is 3.59. The molecule has 0 bridgehead atoms. The molecule has 4 heteroatoms. The summed E-state index contributed by atoms with van der Waals surface area (Å²) >= 11 is 0. The highest BCUT2D eigenvalue weighted by Gasteiger charge is 2.18. The molecule has 0 radical (unpaired) electrons. The van der Waals surface area contributed by atoms with Crippen LogP contribution in [0.5, 0.6) is 0 Å². The smallest absolute Gasteiger partial charge is 0.336 e. The van der Waals surface area contributed by atoms with Gasteiger partial charge in [-0.3, -0.25) is 0 Å². The monoisotopic (exact) mass is 218 g/mol. The van der Waals surface area contributed by atoms with Crippen molar-refractivity contribution in [2.45, 2.75) is 58.5 Å². The Kier molecular flexibility index (Phi) is 9.52. The number of hydrogen-bond acceptors (Lipinski definition) is 3. The molecule has 1 unspecified atom stereocenters. The van der Waals surface area contributed by atoms with Gasteiger partial charge in [-0.15, -0.1) is 0 Å². The van der Waals surface area contributed by atoms with Gasteiger partial charge in [0.05, 0.1) is 6.61 Å². The van der Waals surface area contributed by atoms with Gasteiger partial charge >= 0.3 is 5.97 Å². The molecule has 0 saturated heterocycles. The second kappa shape index (κ2) is 9.93. The van der Waals surface area contributed by atoms with Gasteiger partial charge in [0.25, 0.3) is 0 Å². The van der Waals surface area contributed by atoms with Crippen LogP contribution in [0.3, 0.4) is 0 Å². The summed E-state index contributed by atoms with van der Waals surface area (Å²) in [5.74, 6) is -0.945. The Morgan fingerprint density at radius 1 is 1.20 bits per heavy atom. The number of rotatable bonds is 10. The molecule has 0 aromatic rings. The van der Waals surface area contributed by atoms with Crippen molar-refractivity contribution < 1.29 is 19.7 Å². The van der Waals surface area contributed by atoms with Gasteiger partial charge in [0.1, 0.15) is 0 Å². The topological polar surface area (TPSA) is 55.8 Å². The van der Waals surface area contributed by atoms with Crippen molar-refractivity contribution >= 4 is 5.97 Å². The van der Waals surface area contributed by atoms with Crippen LogP contribution in [0.25, 0.3) is 0 Å². The van der Waals surface area contributed by atoms with Crippen molar-refractivity contribution in [3.63, 3.8) is 0 Å². The number of aliphatic carboxylic acids is 1. The van der Waals surface area contributed by atoms with Crippen molar-refractivity contribution in [2.75, 3.05) is 6.61 Å². The maximum absolute atomic E-state index is 10.7. The standard InChI is InChI=1S/C11H22O4/c1-3-5-7-9-14-15-10(11(12)13)8-6-4-2/h10H,3-9H2,1-2H3,(H,12,13). The number of hydrogen-bond donors (Lipinski definition) is 1. The SMILES string of the molecule is CCCCCOOC(CCCC)C(=O)O. The van der Waals surface area contributed by atoms with Gasteiger partial charge in [-0.05, 0) is 12.8 Å². The minimum Gasteiger partial charge on any atom is -0.479 e. The Balaban J connectivity index is 3.53. The van der Waals surface area contributed by atoms with E-state index in [9.17, 15) is 4.79 Å². The normalized spacial score (nSPS) is 12.7. The van der Waals surface area contributed by atoms with Crippen LogP contribution < -0.4 is 0 Å². The molecule has 0 aliphatic rings. The molecule has 0 aromatic heterocycles. The molecule has 0 aliphatic carbocycles. The molecule has 0 fully saturated rings. The highest BCUT2D eigenvalue weighted by molar-refractivity contribution is 5.72. The first-order valence-electron chi connectivity index (χ1n) is 5.73. The summed E-state index contributed by atoms with van der Waals surface area (Å²) in [6.45, 7) is 4.59. The Bertz CT molecular complexity index is 159. The molecule has 0 amide bonds. The van der Waals surface area contributed by atoms with Crippen LogP contribution in [0, 0.1) is 0 Å². The van der Waals surface area contributed by atoms with Crippen LogP contribution in [0.2, 0.25) is 0 Å². The average molecular weight is 218 g/mol. The average Bonchev–Trinajstić information content (AvgIpc) is 2.21. The first kappa shape index (κ1) is 14.4. The van der Waals surface area contributed by atoms with E-state index in [0.717, 1.165) is 32.1 Å². The Morgan fingerprint density at radius 2 is 1.87 bits per heavy atom. The molecule has 0 aromatic carbocycles. The molecule has 15 heavy (non-hydrogen) atoms. The lowest BCUT2D eigenvalue weighted by Crippen LogP contribution is -2.24. The molecular formula is C11H22O4. The van der Waals surface area contributed by atoms with E-state index in [1.165, 1.54) is 0 Å². The predicted molar refractivity (Wildman–Crippen MR) is 57.5 cm³/mol. The number of carboxylic acids is 1. The van der Waals surface area contributed by atoms with Crippen molar-refractivity contribution in [1.29, 1.82) is 0 Å². The lowest BCUT2D eigenvalue weighted by Gasteiger charge is -2.11. The van der Waals surface area contributed by atoms with Crippen molar-refractivity contribution in [1.82, 2.24) is 0 Å². The first-order chi connectivity index (χ1) is 7.22. The number of carboxylic acid groups (broad SMARTS) is 1. The Labute approximate surface area is 91.5 Å². The van der Waals surface area contributed by atoms with Gasteiger partial charge in [-0.25, -0.2) is 14.6 Å². The Hall–Kier alpha value is -0.610. The third-order valence-electron chi connectivity index (χ3n) is 2.11. The third-order valence-corrected chi connectivity index (χ3v) is 2.11. The highest BCUT2D eigenvalue weighted by atomic mass is 17.2. The molecule has 0 aliphatic heterocycles. The minimum absolute atomic E-state index is 0.476. The van der Waals surface area contributed by atoms with E-state index in [4.69, 9.17) is 14.9 Å². The Morgan fingerprint density at radius 3 is 2.40 bits per heavy atom. The molecule has 1 N–H and O–H groups in total. The molecule has 4 nitrogen and oxygen atoms in total. The van der Waals surface area contributed by atoms with Gasteiger partial charge in [0.2, 0.25) is 0 Å². The summed E-state index contributed by atoms with van der Waals surface area (Å²) in [5.41, 5.74) is 0. The second-order valence-corrected chi connectivity index (χ2v) is 3.59. The summed E-state index contributed by atoms with van der Waals surface area (Å²) in [6, 6.07) is 0. The maximum atomic E-state index is 10.7. The van der Waals surface area contributed by atoms with Crippen LogP contribution >= 0.6 is 0 Å². The molecule has 0 saturated carbocycles. The van der Waals surface area contributed by atoms with E-state index in [1.807, 2.05) is 6.92 Å². The molecular weight excluding hydrogens is 196 g/mol. The van der Waals surface area contributed by atoms with E-state index in [0.29, 0.717) is 13.0 Å². The number of carbonyl (C=O) groups is 1. The van der Waals surface area contributed by atoms with Gasteiger partial charge in [0, 0.05) is 0 Å².